The van der Waals surface area contributed by atoms with Gasteiger partial charge in [0.2, 0.25) is 17.6 Å². The Morgan fingerprint density at radius 3 is 2.58 bits per heavy atom. The normalized spacial score (nSPS) is 21.4. The Morgan fingerprint density at radius 1 is 1.05 bits per heavy atom. The number of alkyl halides is 3. The first-order chi connectivity index (χ1) is 20.5. The number of nitrogens with zero attached hydrogens (tertiary/aromatic N) is 3. The zero-order chi connectivity index (χ0) is 30.5. The fourth-order valence-corrected chi connectivity index (χ4v) is 5.95. The minimum Gasteiger partial charge on any atom is -0.417 e. The highest BCUT2D eigenvalue weighted by molar-refractivity contribution is 6.06. The first-order valence-corrected chi connectivity index (χ1v) is 14.4. The molecule has 1 saturated heterocycles. The van der Waals surface area contributed by atoms with E-state index in [0.29, 0.717) is 38.2 Å². The molecule has 226 valence electrons. The van der Waals surface area contributed by atoms with Gasteiger partial charge in [0, 0.05) is 36.7 Å². The van der Waals surface area contributed by atoms with E-state index in [-0.39, 0.29) is 29.4 Å². The lowest BCUT2D eigenvalue weighted by atomic mass is 10.0. The van der Waals surface area contributed by atoms with Crippen LogP contribution in [0.3, 0.4) is 0 Å². The third-order valence-corrected chi connectivity index (χ3v) is 8.36. The number of hydrogen-bond donors (Lipinski definition) is 2. The van der Waals surface area contributed by atoms with Gasteiger partial charge >= 0.3 is 6.18 Å². The molecular formula is C31H32F3N5O4. The Morgan fingerprint density at radius 2 is 1.84 bits per heavy atom. The summed E-state index contributed by atoms with van der Waals surface area (Å²) in [7, 11) is 0. The number of halogens is 3. The molecule has 2 aliphatic heterocycles. The second-order valence-electron chi connectivity index (χ2n) is 11.7. The Hall–Kier alpha value is -4.35. The second-order valence-corrected chi connectivity index (χ2v) is 11.7. The quantitative estimate of drug-likeness (QED) is 0.381. The van der Waals surface area contributed by atoms with Crippen molar-refractivity contribution in [3.8, 4) is 0 Å². The first-order valence-electron chi connectivity index (χ1n) is 14.4. The number of fused-ring (bicyclic) bond motifs is 1. The summed E-state index contributed by atoms with van der Waals surface area (Å²) in [6.07, 6.45) is -2.14. The van der Waals surface area contributed by atoms with Crippen LogP contribution in [0.4, 0.5) is 36.2 Å². The number of piperidine rings is 1. The summed E-state index contributed by atoms with van der Waals surface area (Å²) in [5.41, 5.74) is 2.00. The average Bonchev–Trinajstić information content (AvgIpc) is 3.44. The van der Waals surface area contributed by atoms with Crippen LogP contribution in [0.5, 0.6) is 0 Å². The Labute approximate surface area is 246 Å². The summed E-state index contributed by atoms with van der Waals surface area (Å²) in [4.78, 5) is 46.0. The van der Waals surface area contributed by atoms with Crippen LogP contribution in [-0.2, 0) is 22.2 Å². The van der Waals surface area contributed by atoms with Gasteiger partial charge in [-0.3, -0.25) is 14.4 Å². The highest BCUT2D eigenvalue weighted by atomic mass is 19.4. The number of nitrogens with one attached hydrogen (secondary N) is 2. The molecule has 0 radical (unpaired) electrons. The van der Waals surface area contributed by atoms with Crippen LogP contribution in [0.1, 0.15) is 53.6 Å². The predicted octanol–water partition coefficient (Wildman–Crippen LogP) is 5.65. The fraction of sp³-hybridized carbons (Fsp3) is 0.419. The lowest BCUT2D eigenvalue weighted by molar-refractivity contribution is -0.141. The molecule has 3 amide bonds. The van der Waals surface area contributed by atoms with Gasteiger partial charge in [0.05, 0.1) is 11.8 Å². The van der Waals surface area contributed by atoms with E-state index >= 15 is 0 Å². The smallest absolute Gasteiger partial charge is 0.417 e. The molecule has 0 bridgehead atoms. The van der Waals surface area contributed by atoms with Crippen LogP contribution in [0.15, 0.2) is 46.9 Å². The molecule has 0 spiro atoms. The summed E-state index contributed by atoms with van der Waals surface area (Å²) >= 11 is 0. The Bertz CT molecular complexity index is 1590. The summed E-state index contributed by atoms with van der Waals surface area (Å²) in [5, 5.41) is 5.41. The van der Waals surface area contributed by atoms with E-state index < -0.39 is 35.4 Å². The van der Waals surface area contributed by atoms with Gasteiger partial charge in [-0.1, -0.05) is 25.1 Å². The molecule has 3 heterocycles. The number of oxazole rings is 1. The van der Waals surface area contributed by atoms with Crippen molar-refractivity contribution in [3.05, 3.63) is 65.0 Å². The van der Waals surface area contributed by atoms with Crippen molar-refractivity contribution in [1.29, 1.82) is 0 Å². The van der Waals surface area contributed by atoms with Gasteiger partial charge in [-0.15, -0.1) is 0 Å². The highest BCUT2D eigenvalue weighted by Gasteiger charge is 2.50. The van der Waals surface area contributed by atoms with Crippen LogP contribution in [0.2, 0.25) is 0 Å². The number of aromatic nitrogens is 1. The number of rotatable bonds is 6. The zero-order valence-electron chi connectivity index (χ0n) is 23.8. The molecule has 3 aromatic rings. The Kier molecular flexibility index (Phi) is 7.39. The maximum atomic E-state index is 13.8. The van der Waals surface area contributed by atoms with Crippen molar-refractivity contribution >= 4 is 40.8 Å². The Balaban J connectivity index is 1.13. The van der Waals surface area contributed by atoms with Crippen LogP contribution < -0.4 is 20.4 Å². The minimum absolute atomic E-state index is 0.142. The average molecular weight is 596 g/mol. The van der Waals surface area contributed by atoms with E-state index in [2.05, 4.69) is 15.6 Å². The number of anilines is 4. The van der Waals surface area contributed by atoms with Gasteiger partial charge in [-0.25, -0.2) is 0 Å². The van der Waals surface area contributed by atoms with Crippen LogP contribution >= 0.6 is 0 Å². The summed E-state index contributed by atoms with van der Waals surface area (Å²) in [6, 6.07) is 12.1. The maximum Gasteiger partial charge on any atom is 0.437 e. The zero-order valence-corrected chi connectivity index (χ0v) is 23.8. The predicted molar refractivity (Wildman–Crippen MR) is 154 cm³/mol. The van der Waals surface area contributed by atoms with Crippen molar-refractivity contribution in [2.24, 2.45) is 17.8 Å². The molecule has 3 unspecified atom stereocenters. The van der Waals surface area contributed by atoms with Gasteiger partial charge in [0.25, 0.3) is 11.9 Å². The molecule has 2 N–H and O–H groups in total. The van der Waals surface area contributed by atoms with Crippen LogP contribution in [0.25, 0.3) is 0 Å². The molecule has 1 saturated carbocycles. The van der Waals surface area contributed by atoms with Crippen molar-refractivity contribution in [1.82, 2.24) is 4.98 Å². The second kappa shape index (κ2) is 11.1. The maximum absolute atomic E-state index is 13.8. The molecule has 2 fully saturated rings. The largest absolute Gasteiger partial charge is 0.437 e. The topological polar surface area (TPSA) is 108 Å². The van der Waals surface area contributed by atoms with E-state index in [9.17, 15) is 27.6 Å². The molecule has 3 atom stereocenters. The summed E-state index contributed by atoms with van der Waals surface area (Å²) in [6.45, 7) is 5.31. The molecule has 1 aliphatic carbocycles. The summed E-state index contributed by atoms with van der Waals surface area (Å²) in [5.74, 6) is -2.82. The van der Waals surface area contributed by atoms with Gasteiger partial charge in [-0.05, 0) is 73.9 Å². The van der Waals surface area contributed by atoms with Crippen molar-refractivity contribution in [2.45, 2.75) is 45.7 Å². The van der Waals surface area contributed by atoms with Crippen molar-refractivity contribution in [3.63, 3.8) is 0 Å². The number of aryl methyl sites for hydroxylation is 1. The molecule has 6 rings (SSSR count). The highest BCUT2D eigenvalue weighted by Crippen LogP contribution is 2.43. The fourth-order valence-electron chi connectivity index (χ4n) is 5.95. The van der Waals surface area contributed by atoms with E-state index in [0.717, 1.165) is 29.7 Å². The standard InChI is InChI=1S/C31H32F3N5O4/c1-17-6-5-12-38(16-17)30-37-26(31(32,33)34)25(43-30)28(41)35-20-9-10-24-19(14-20)11-13-39(24)29(42)22-15-21(22)27(40)36-23-8-4-3-7-18(23)2/h3-4,7-10,14,17,21-22H,5-6,11-13,15-16H2,1-2H3,(H,35,41)(H,36,40). The number of amides is 3. The molecule has 12 heteroatoms. The van der Waals surface area contributed by atoms with Crippen LogP contribution in [0, 0.1) is 24.7 Å². The van der Waals surface area contributed by atoms with E-state index in [1.165, 1.54) is 6.07 Å². The molecule has 1 aromatic heterocycles. The molecule has 3 aliphatic rings. The summed E-state index contributed by atoms with van der Waals surface area (Å²) < 4.78 is 46.8. The first kappa shape index (κ1) is 28.8. The number of para-hydroxylation sites is 1. The lowest BCUT2D eigenvalue weighted by Gasteiger charge is -2.29. The van der Waals surface area contributed by atoms with Crippen LogP contribution in [-0.4, -0.2) is 42.3 Å². The van der Waals surface area contributed by atoms with Crippen molar-refractivity contribution in [2.75, 3.05) is 40.1 Å². The molecule has 43 heavy (non-hydrogen) atoms. The third kappa shape index (κ3) is 5.82. The van der Waals surface area contributed by atoms with Gasteiger partial charge in [0.15, 0.2) is 5.69 Å². The number of carbonyl (C=O) groups excluding carboxylic acids is 3. The molecular weight excluding hydrogens is 563 g/mol. The monoisotopic (exact) mass is 595 g/mol. The van der Waals surface area contributed by atoms with Gasteiger partial charge < -0.3 is 24.9 Å². The number of benzene rings is 2. The number of hydrogen-bond acceptors (Lipinski definition) is 6. The van der Waals surface area contributed by atoms with E-state index in [1.807, 2.05) is 38.1 Å². The third-order valence-electron chi connectivity index (χ3n) is 8.36. The van der Waals surface area contributed by atoms with Gasteiger partial charge in [-0.2, -0.15) is 18.2 Å². The van der Waals surface area contributed by atoms with E-state index in [1.54, 1.807) is 21.9 Å². The SMILES string of the molecule is Cc1ccccc1NC(=O)C1CC1C(=O)N1CCc2cc(NC(=O)c3oc(N4CCCC(C)C4)nc3C(F)(F)F)ccc21. The number of carbonyl (C=O) groups is 3. The van der Waals surface area contributed by atoms with Crippen molar-refractivity contribution < 1.29 is 32.0 Å². The van der Waals surface area contributed by atoms with Gasteiger partial charge in [0.1, 0.15) is 0 Å². The molecule has 9 nitrogen and oxygen atoms in total. The minimum atomic E-state index is -4.87. The lowest BCUT2D eigenvalue weighted by Crippen LogP contribution is -2.34. The van der Waals surface area contributed by atoms with E-state index in [4.69, 9.17) is 4.42 Å². The molecule has 2 aromatic carbocycles.